The Morgan fingerprint density at radius 1 is 1.00 bits per heavy atom. The fraction of sp³-hybridized carbons (Fsp3) is 0.429. The van der Waals surface area contributed by atoms with E-state index in [1.165, 1.54) is 18.6 Å². The summed E-state index contributed by atoms with van der Waals surface area (Å²) in [4.78, 5) is 20.2. The van der Waals surface area contributed by atoms with Crippen LogP contribution < -0.4 is 15.4 Å². The van der Waals surface area contributed by atoms with Crippen molar-refractivity contribution >= 4 is 44.9 Å². The quantitative estimate of drug-likeness (QED) is 0.359. The van der Waals surface area contributed by atoms with Gasteiger partial charge < -0.3 is 10.6 Å². The van der Waals surface area contributed by atoms with Crippen molar-refractivity contribution in [2.24, 2.45) is 0 Å². The fourth-order valence-corrected chi connectivity index (χ4v) is 4.08. The first-order valence-electron chi connectivity index (χ1n) is 10.3. The van der Waals surface area contributed by atoms with Crippen LogP contribution in [0.1, 0.15) is 56.8 Å². The summed E-state index contributed by atoms with van der Waals surface area (Å²) in [5.41, 5.74) is 1.90. The highest BCUT2D eigenvalue weighted by Gasteiger charge is 2.16. The van der Waals surface area contributed by atoms with E-state index in [1.54, 1.807) is 32.0 Å². The van der Waals surface area contributed by atoms with E-state index in [-0.39, 0.29) is 21.9 Å². The van der Waals surface area contributed by atoms with Gasteiger partial charge in [0.05, 0.1) is 4.90 Å². The maximum absolute atomic E-state index is 12.6. The van der Waals surface area contributed by atoms with E-state index >= 15 is 0 Å². The van der Waals surface area contributed by atoms with E-state index in [4.69, 9.17) is 12.2 Å². The summed E-state index contributed by atoms with van der Waals surface area (Å²) in [5.74, 6) is -0.107. The summed E-state index contributed by atoms with van der Waals surface area (Å²) in [6, 6.07) is 7.77. The molecule has 8 nitrogen and oxygen atoms in total. The lowest BCUT2D eigenvalue weighted by Gasteiger charge is -2.11. The SMILES string of the molecule is CCCCCCCC(=O)NC(=S)Nc1ccc(S(=O)(=O)Nc2nc(C)cc(C)n2)cc1. The number of aromatic nitrogens is 2. The van der Waals surface area contributed by atoms with Crippen LogP contribution in [0, 0.1) is 13.8 Å². The van der Waals surface area contributed by atoms with Crippen molar-refractivity contribution in [3.05, 3.63) is 41.7 Å². The number of benzene rings is 1. The van der Waals surface area contributed by atoms with Crippen molar-refractivity contribution in [3.8, 4) is 0 Å². The van der Waals surface area contributed by atoms with E-state index in [0.717, 1.165) is 25.7 Å². The van der Waals surface area contributed by atoms with Crippen molar-refractivity contribution in [2.45, 2.75) is 64.2 Å². The molecule has 0 saturated heterocycles. The normalized spacial score (nSPS) is 11.1. The maximum atomic E-state index is 12.6. The average molecular weight is 464 g/mol. The van der Waals surface area contributed by atoms with Gasteiger partial charge in [0, 0.05) is 23.5 Å². The van der Waals surface area contributed by atoms with Crippen LogP contribution in [0.4, 0.5) is 11.6 Å². The highest BCUT2D eigenvalue weighted by Crippen LogP contribution is 2.17. The van der Waals surface area contributed by atoms with Gasteiger partial charge >= 0.3 is 0 Å². The summed E-state index contributed by atoms with van der Waals surface area (Å²) in [5, 5.41) is 5.70. The minimum Gasteiger partial charge on any atom is -0.332 e. The van der Waals surface area contributed by atoms with Crippen molar-refractivity contribution in [1.29, 1.82) is 0 Å². The molecule has 0 aliphatic carbocycles. The minimum atomic E-state index is -3.83. The summed E-state index contributed by atoms with van der Waals surface area (Å²) in [6.07, 6.45) is 5.76. The maximum Gasteiger partial charge on any atom is 0.264 e. The van der Waals surface area contributed by atoms with Gasteiger partial charge in [-0.25, -0.2) is 23.1 Å². The van der Waals surface area contributed by atoms with Crippen LogP contribution in [0.3, 0.4) is 0 Å². The third-order valence-electron chi connectivity index (χ3n) is 4.39. The number of carbonyl (C=O) groups excluding carboxylic acids is 1. The van der Waals surface area contributed by atoms with Gasteiger partial charge in [0.15, 0.2) is 5.11 Å². The molecule has 10 heteroatoms. The first-order valence-corrected chi connectivity index (χ1v) is 12.1. The van der Waals surface area contributed by atoms with Crippen LogP contribution in [0.2, 0.25) is 0 Å². The first-order chi connectivity index (χ1) is 14.7. The standard InChI is InChI=1S/C21H29N5O3S2/c1-4-5-6-7-8-9-19(27)25-21(30)24-17-10-12-18(13-11-17)31(28,29)26-20-22-15(2)14-16(3)23-20/h10-14H,4-9H2,1-3H3,(H,22,23,26)(H2,24,25,27,30). The Kier molecular flexibility index (Phi) is 9.32. The molecule has 2 aromatic rings. The van der Waals surface area contributed by atoms with Crippen molar-refractivity contribution in [1.82, 2.24) is 15.3 Å². The number of rotatable bonds is 10. The average Bonchev–Trinajstić information content (AvgIpc) is 2.67. The molecule has 0 spiro atoms. The summed E-state index contributed by atoms with van der Waals surface area (Å²) in [6.45, 7) is 5.68. The number of anilines is 2. The number of thiocarbonyl (C=S) groups is 1. The molecule has 0 bridgehead atoms. The lowest BCUT2D eigenvalue weighted by Crippen LogP contribution is -2.33. The Morgan fingerprint density at radius 2 is 1.61 bits per heavy atom. The van der Waals surface area contributed by atoms with Gasteiger partial charge in [0.25, 0.3) is 10.0 Å². The molecule has 2 rings (SSSR count). The van der Waals surface area contributed by atoms with Crippen molar-refractivity contribution < 1.29 is 13.2 Å². The predicted molar refractivity (Wildman–Crippen MR) is 126 cm³/mol. The molecule has 1 heterocycles. The second-order valence-electron chi connectivity index (χ2n) is 7.27. The van der Waals surface area contributed by atoms with E-state index in [0.29, 0.717) is 23.5 Å². The van der Waals surface area contributed by atoms with Crippen molar-refractivity contribution in [3.63, 3.8) is 0 Å². The number of unbranched alkanes of at least 4 members (excludes halogenated alkanes) is 4. The lowest BCUT2D eigenvalue weighted by atomic mass is 10.1. The molecule has 0 aliphatic rings. The van der Waals surface area contributed by atoms with Gasteiger partial charge in [0.2, 0.25) is 11.9 Å². The Bertz CT molecular complexity index is 988. The second-order valence-corrected chi connectivity index (χ2v) is 9.36. The van der Waals surface area contributed by atoms with E-state index in [1.807, 2.05) is 0 Å². The van der Waals surface area contributed by atoms with Crippen LogP contribution >= 0.6 is 12.2 Å². The van der Waals surface area contributed by atoms with Crippen LogP contribution in [0.5, 0.6) is 0 Å². The molecule has 3 N–H and O–H groups in total. The highest BCUT2D eigenvalue weighted by molar-refractivity contribution is 7.92. The molecule has 0 radical (unpaired) electrons. The van der Waals surface area contributed by atoms with Crippen LogP contribution in [0.15, 0.2) is 35.2 Å². The monoisotopic (exact) mass is 463 g/mol. The van der Waals surface area contributed by atoms with Crippen molar-refractivity contribution in [2.75, 3.05) is 10.0 Å². The van der Waals surface area contributed by atoms with Crippen LogP contribution in [0.25, 0.3) is 0 Å². The molecule has 1 aromatic heterocycles. The summed E-state index contributed by atoms with van der Waals surface area (Å²) < 4.78 is 27.5. The lowest BCUT2D eigenvalue weighted by molar-refractivity contribution is -0.119. The molecular weight excluding hydrogens is 434 g/mol. The Morgan fingerprint density at radius 3 is 2.23 bits per heavy atom. The van der Waals surface area contributed by atoms with Gasteiger partial charge in [-0.15, -0.1) is 0 Å². The van der Waals surface area contributed by atoms with Gasteiger partial charge in [-0.2, -0.15) is 0 Å². The molecule has 1 aromatic carbocycles. The summed E-state index contributed by atoms with van der Waals surface area (Å²) in [7, 11) is -3.83. The molecule has 0 atom stereocenters. The first kappa shape index (κ1) is 24.7. The number of sulfonamides is 1. The van der Waals surface area contributed by atoms with Crippen LogP contribution in [-0.2, 0) is 14.8 Å². The highest BCUT2D eigenvalue weighted by atomic mass is 32.2. The predicted octanol–water partition coefficient (Wildman–Crippen LogP) is 4.07. The summed E-state index contributed by atoms with van der Waals surface area (Å²) >= 11 is 5.16. The van der Waals surface area contributed by atoms with E-state index in [2.05, 4.69) is 32.2 Å². The van der Waals surface area contributed by atoms with Crippen LogP contribution in [-0.4, -0.2) is 29.4 Å². The number of amides is 1. The third kappa shape index (κ3) is 8.58. The zero-order valence-corrected chi connectivity index (χ0v) is 19.7. The molecule has 0 fully saturated rings. The van der Waals surface area contributed by atoms with E-state index < -0.39 is 10.0 Å². The molecule has 0 unspecified atom stereocenters. The Balaban J connectivity index is 1.89. The smallest absolute Gasteiger partial charge is 0.264 e. The second kappa shape index (κ2) is 11.7. The zero-order chi connectivity index (χ0) is 22.9. The van der Waals surface area contributed by atoms with Gasteiger partial charge in [-0.05, 0) is 62.8 Å². The fourth-order valence-electron chi connectivity index (χ4n) is 2.91. The molecule has 0 saturated carbocycles. The number of hydrogen-bond donors (Lipinski definition) is 3. The zero-order valence-electron chi connectivity index (χ0n) is 18.1. The molecule has 1 amide bonds. The molecule has 31 heavy (non-hydrogen) atoms. The largest absolute Gasteiger partial charge is 0.332 e. The topological polar surface area (TPSA) is 113 Å². The Labute approximate surface area is 189 Å². The number of hydrogen-bond acceptors (Lipinski definition) is 6. The van der Waals surface area contributed by atoms with Gasteiger partial charge in [0.1, 0.15) is 0 Å². The van der Waals surface area contributed by atoms with E-state index in [9.17, 15) is 13.2 Å². The molecule has 168 valence electrons. The number of aryl methyl sites for hydroxylation is 2. The van der Waals surface area contributed by atoms with Gasteiger partial charge in [-0.1, -0.05) is 32.6 Å². The number of nitrogens with one attached hydrogen (secondary N) is 3. The third-order valence-corrected chi connectivity index (χ3v) is 5.94. The molecular formula is C21H29N5O3S2. The molecule has 0 aliphatic heterocycles. The minimum absolute atomic E-state index is 0.0262. The number of nitrogens with zero attached hydrogens (tertiary/aromatic N) is 2. The number of carbonyl (C=O) groups is 1. The Hall–Kier alpha value is -2.59. The van der Waals surface area contributed by atoms with Gasteiger partial charge in [-0.3, -0.25) is 4.79 Å².